The van der Waals surface area contributed by atoms with Gasteiger partial charge in [0.1, 0.15) is 5.82 Å². The Kier molecular flexibility index (Phi) is 3.68. The third-order valence-electron chi connectivity index (χ3n) is 2.94. The lowest BCUT2D eigenvalue weighted by molar-refractivity contribution is -0.145. The highest BCUT2D eigenvalue weighted by molar-refractivity contribution is 5.26. The molecular weight excluding hydrogens is 245 g/mol. The van der Waals surface area contributed by atoms with E-state index in [1.807, 2.05) is 0 Å². The van der Waals surface area contributed by atoms with Gasteiger partial charge >= 0.3 is 6.18 Å². The topological polar surface area (TPSA) is 50.7 Å². The molecule has 18 heavy (non-hydrogen) atoms. The number of rotatable bonds is 2. The first-order valence-corrected chi connectivity index (χ1v) is 6.01. The van der Waals surface area contributed by atoms with Crippen LogP contribution in [0, 0.1) is 6.92 Å². The Morgan fingerprint density at radius 2 is 1.72 bits per heavy atom. The van der Waals surface area contributed by atoms with Gasteiger partial charge in [-0.1, -0.05) is 19.3 Å². The summed E-state index contributed by atoms with van der Waals surface area (Å²) in [5, 5.41) is 2.97. The van der Waals surface area contributed by atoms with Crippen LogP contribution >= 0.6 is 0 Å². The van der Waals surface area contributed by atoms with E-state index in [1.54, 1.807) is 0 Å². The minimum Gasteiger partial charge on any atom is -0.351 e. The molecule has 1 aromatic heterocycles. The summed E-state index contributed by atoms with van der Waals surface area (Å²) in [4.78, 5) is 10.7. The highest BCUT2D eigenvalue weighted by Gasteiger charge is 2.35. The summed E-state index contributed by atoms with van der Waals surface area (Å²) in [6.07, 6.45) is 0.735. The largest absolute Gasteiger partial charge is 0.451 e. The Morgan fingerprint density at radius 1 is 1.06 bits per heavy atom. The second kappa shape index (κ2) is 5.07. The van der Waals surface area contributed by atoms with Crippen LogP contribution in [-0.4, -0.2) is 21.0 Å². The Morgan fingerprint density at radius 3 is 2.33 bits per heavy atom. The van der Waals surface area contributed by atoms with Crippen molar-refractivity contribution in [3.05, 3.63) is 11.6 Å². The van der Waals surface area contributed by atoms with Crippen LogP contribution in [0.1, 0.15) is 43.8 Å². The van der Waals surface area contributed by atoms with E-state index in [0.717, 1.165) is 25.7 Å². The highest BCUT2D eigenvalue weighted by Crippen LogP contribution is 2.27. The van der Waals surface area contributed by atoms with E-state index in [9.17, 15) is 13.2 Å². The van der Waals surface area contributed by atoms with Crippen LogP contribution in [0.3, 0.4) is 0 Å². The van der Waals surface area contributed by atoms with Gasteiger partial charge in [-0.2, -0.15) is 23.1 Å². The fourth-order valence-corrected chi connectivity index (χ4v) is 2.10. The van der Waals surface area contributed by atoms with Crippen LogP contribution in [0.2, 0.25) is 0 Å². The minimum atomic E-state index is -4.53. The second-order valence-corrected chi connectivity index (χ2v) is 4.51. The predicted molar refractivity (Wildman–Crippen MR) is 60.1 cm³/mol. The van der Waals surface area contributed by atoms with Crippen LogP contribution < -0.4 is 5.32 Å². The van der Waals surface area contributed by atoms with Crippen LogP contribution in [0.15, 0.2) is 0 Å². The normalized spacial score (nSPS) is 17.8. The lowest BCUT2D eigenvalue weighted by Gasteiger charge is -2.22. The molecule has 2 rings (SSSR count). The van der Waals surface area contributed by atoms with Gasteiger partial charge in [-0.25, -0.2) is 4.98 Å². The van der Waals surface area contributed by atoms with E-state index >= 15 is 0 Å². The number of hydrogen-bond acceptors (Lipinski definition) is 4. The SMILES string of the molecule is Cc1nc(NC2CCCCC2)nc(C(F)(F)F)n1. The maximum absolute atomic E-state index is 12.5. The Labute approximate surface area is 103 Å². The third-order valence-corrected chi connectivity index (χ3v) is 2.94. The molecule has 4 nitrogen and oxygen atoms in total. The maximum atomic E-state index is 12.5. The smallest absolute Gasteiger partial charge is 0.351 e. The zero-order chi connectivity index (χ0) is 13.2. The lowest BCUT2D eigenvalue weighted by Crippen LogP contribution is -2.25. The zero-order valence-electron chi connectivity index (χ0n) is 10.1. The van der Waals surface area contributed by atoms with Crippen molar-refractivity contribution in [3.63, 3.8) is 0 Å². The van der Waals surface area contributed by atoms with Crippen molar-refractivity contribution in [2.75, 3.05) is 5.32 Å². The molecule has 100 valence electrons. The lowest BCUT2D eigenvalue weighted by atomic mass is 9.96. The first kappa shape index (κ1) is 13.0. The van der Waals surface area contributed by atoms with E-state index in [2.05, 4.69) is 20.3 Å². The molecular formula is C11H15F3N4. The quantitative estimate of drug-likeness (QED) is 0.888. The van der Waals surface area contributed by atoms with E-state index < -0.39 is 12.0 Å². The molecule has 1 aliphatic carbocycles. The molecule has 0 bridgehead atoms. The number of halogens is 3. The minimum absolute atomic E-state index is 0.0294. The van der Waals surface area contributed by atoms with Crippen molar-refractivity contribution in [2.45, 2.75) is 51.2 Å². The molecule has 0 aromatic carbocycles. The zero-order valence-corrected chi connectivity index (χ0v) is 10.1. The van der Waals surface area contributed by atoms with Gasteiger partial charge in [-0.3, -0.25) is 0 Å². The Bertz CT molecular complexity index is 413. The van der Waals surface area contributed by atoms with Gasteiger partial charge in [0.25, 0.3) is 0 Å². The molecule has 0 atom stereocenters. The Balaban J connectivity index is 2.14. The van der Waals surface area contributed by atoms with Crippen molar-refractivity contribution in [3.8, 4) is 0 Å². The molecule has 0 saturated heterocycles. The van der Waals surface area contributed by atoms with Gasteiger partial charge in [-0.15, -0.1) is 0 Å². The van der Waals surface area contributed by atoms with Gasteiger partial charge in [0.2, 0.25) is 11.8 Å². The molecule has 0 spiro atoms. The van der Waals surface area contributed by atoms with Gasteiger partial charge in [0, 0.05) is 6.04 Å². The summed E-state index contributed by atoms with van der Waals surface area (Å²) in [5.41, 5.74) is 0. The molecule has 1 aromatic rings. The number of nitrogens with one attached hydrogen (secondary N) is 1. The standard InChI is InChI=1S/C11H15F3N4/c1-7-15-9(11(12,13)14)18-10(16-7)17-8-5-3-2-4-6-8/h8H,2-6H2,1H3,(H,15,16,17,18). The van der Waals surface area contributed by atoms with E-state index in [1.165, 1.54) is 13.3 Å². The monoisotopic (exact) mass is 260 g/mol. The number of hydrogen-bond donors (Lipinski definition) is 1. The number of aryl methyl sites for hydroxylation is 1. The molecule has 0 unspecified atom stereocenters. The summed E-state index contributed by atoms with van der Waals surface area (Å²) in [6.45, 7) is 1.43. The number of nitrogens with zero attached hydrogens (tertiary/aromatic N) is 3. The van der Waals surface area contributed by atoms with Crippen LogP contribution in [0.4, 0.5) is 19.1 Å². The van der Waals surface area contributed by atoms with Gasteiger partial charge < -0.3 is 5.32 Å². The molecule has 7 heteroatoms. The fraction of sp³-hybridized carbons (Fsp3) is 0.727. The number of alkyl halides is 3. The van der Waals surface area contributed by atoms with Crippen molar-refractivity contribution < 1.29 is 13.2 Å². The molecule has 1 fully saturated rings. The molecule has 0 amide bonds. The van der Waals surface area contributed by atoms with Crippen molar-refractivity contribution in [1.82, 2.24) is 15.0 Å². The van der Waals surface area contributed by atoms with Crippen LogP contribution in [0.25, 0.3) is 0 Å². The summed E-state index contributed by atoms with van der Waals surface area (Å²) >= 11 is 0. The predicted octanol–water partition coefficient (Wildman–Crippen LogP) is 2.94. The molecule has 1 N–H and O–H groups in total. The third kappa shape index (κ3) is 3.30. The molecule has 0 aliphatic heterocycles. The molecule has 1 aliphatic rings. The second-order valence-electron chi connectivity index (χ2n) is 4.51. The molecule has 1 saturated carbocycles. The van der Waals surface area contributed by atoms with Gasteiger partial charge in [0.05, 0.1) is 0 Å². The number of aromatic nitrogens is 3. The Hall–Kier alpha value is -1.40. The first-order valence-electron chi connectivity index (χ1n) is 6.01. The van der Waals surface area contributed by atoms with Crippen molar-refractivity contribution in [1.29, 1.82) is 0 Å². The number of anilines is 1. The van der Waals surface area contributed by atoms with Crippen molar-refractivity contribution >= 4 is 5.95 Å². The van der Waals surface area contributed by atoms with E-state index in [0.29, 0.717) is 0 Å². The summed E-state index contributed by atoms with van der Waals surface area (Å²) in [7, 11) is 0. The van der Waals surface area contributed by atoms with Gasteiger partial charge in [-0.05, 0) is 19.8 Å². The van der Waals surface area contributed by atoms with Crippen molar-refractivity contribution in [2.24, 2.45) is 0 Å². The average Bonchev–Trinajstić information content (AvgIpc) is 2.28. The average molecular weight is 260 g/mol. The summed E-state index contributed by atoms with van der Waals surface area (Å²) in [6, 6.07) is 0.168. The first-order chi connectivity index (χ1) is 8.45. The van der Waals surface area contributed by atoms with Crippen LogP contribution in [-0.2, 0) is 6.18 Å². The molecule has 1 heterocycles. The summed E-state index contributed by atoms with van der Waals surface area (Å²) in [5.74, 6) is -1.02. The van der Waals surface area contributed by atoms with E-state index in [-0.39, 0.29) is 17.8 Å². The summed E-state index contributed by atoms with van der Waals surface area (Å²) < 4.78 is 37.6. The van der Waals surface area contributed by atoms with Crippen LogP contribution in [0.5, 0.6) is 0 Å². The molecule has 0 radical (unpaired) electrons. The van der Waals surface area contributed by atoms with Gasteiger partial charge in [0.15, 0.2) is 0 Å². The highest BCUT2D eigenvalue weighted by atomic mass is 19.4. The maximum Gasteiger partial charge on any atom is 0.451 e. The van der Waals surface area contributed by atoms with E-state index in [4.69, 9.17) is 0 Å². The fourth-order valence-electron chi connectivity index (χ4n) is 2.10.